The van der Waals surface area contributed by atoms with Crippen molar-refractivity contribution in [3.63, 3.8) is 0 Å². The number of nitrogens with zero attached hydrogens (tertiary/aromatic N) is 2. The summed E-state index contributed by atoms with van der Waals surface area (Å²) in [6, 6.07) is 3.39. The van der Waals surface area contributed by atoms with Crippen LogP contribution in [-0.2, 0) is 9.84 Å². The zero-order valence-corrected chi connectivity index (χ0v) is 18.3. The number of aryl methyl sites for hydroxylation is 1. The molecule has 180 valence electrons. The molecule has 0 fully saturated rings. The average molecular weight is 496 g/mol. The van der Waals surface area contributed by atoms with E-state index < -0.39 is 79.8 Å². The Morgan fingerprint density at radius 2 is 1.85 bits per heavy atom. The molecule has 0 aliphatic carbocycles. The molecule has 1 aliphatic heterocycles. The Morgan fingerprint density at radius 3 is 2.42 bits per heavy atom. The first-order valence-corrected chi connectivity index (χ1v) is 11.2. The minimum absolute atomic E-state index is 0.000655. The van der Waals surface area contributed by atoms with E-state index in [-0.39, 0.29) is 10.5 Å². The van der Waals surface area contributed by atoms with Crippen molar-refractivity contribution < 1.29 is 44.3 Å². The summed E-state index contributed by atoms with van der Waals surface area (Å²) in [6.07, 6.45) is -12.3. The van der Waals surface area contributed by atoms with Gasteiger partial charge in [0.05, 0.1) is 16.2 Å². The van der Waals surface area contributed by atoms with Crippen LogP contribution in [0.1, 0.15) is 53.6 Å². The van der Waals surface area contributed by atoms with Crippen LogP contribution in [0.5, 0.6) is 5.75 Å². The Hall–Kier alpha value is -2.83. The molecule has 0 saturated heterocycles. The number of halogens is 6. The van der Waals surface area contributed by atoms with Crippen molar-refractivity contribution in [1.29, 1.82) is 0 Å². The van der Waals surface area contributed by atoms with Gasteiger partial charge < -0.3 is 4.74 Å². The molecule has 2 heterocycles. The number of fused-ring (bicyclic) bond motifs is 1. The summed E-state index contributed by atoms with van der Waals surface area (Å²) in [5, 5.41) is 0. The van der Waals surface area contributed by atoms with E-state index in [1.54, 1.807) is 0 Å². The maximum Gasteiger partial charge on any atom is 0.425 e. The SMILES string of the molecule is CCS(=O)(=O)c1ccc(OC(C)C(F)(F)F)c(C(=O)N2C(F)c3cc(C)c(F)nc3C2F)c1. The van der Waals surface area contributed by atoms with Gasteiger partial charge in [0, 0.05) is 11.1 Å². The number of sulfone groups is 1. The number of aromatic nitrogens is 1. The Balaban J connectivity index is 2.11. The van der Waals surface area contributed by atoms with Crippen molar-refractivity contribution in [2.24, 2.45) is 0 Å². The minimum atomic E-state index is -4.84. The summed E-state index contributed by atoms with van der Waals surface area (Å²) in [5.41, 5.74) is -2.06. The lowest BCUT2D eigenvalue weighted by Crippen LogP contribution is -2.33. The second-order valence-corrected chi connectivity index (χ2v) is 9.60. The van der Waals surface area contributed by atoms with Gasteiger partial charge in [0.2, 0.25) is 18.5 Å². The third-order valence-corrected chi connectivity index (χ3v) is 6.83. The third-order valence-electron chi connectivity index (χ3n) is 5.10. The number of rotatable bonds is 5. The van der Waals surface area contributed by atoms with Gasteiger partial charge in [-0.2, -0.15) is 17.6 Å². The number of benzene rings is 1. The molecule has 1 aliphatic rings. The molecule has 0 N–H and O–H groups in total. The van der Waals surface area contributed by atoms with E-state index in [0.29, 0.717) is 13.0 Å². The van der Waals surface area contributed by atoms with E-state index in [1.165, 1.54) is 13.8 Å². The molecule has 0 spiro atoms. The lowest BCUT2D eigenvalue weighted by molar-refractivity contribution is -0.189. The van der Waals surface area contributed by atoms with E-state index in [1.807, 2.05) is 0 Å². The topological polar surface area (TPSA) is 76.6 Å². The molecule has 3 rings (SSSR count). The zero-order chi connectivity index (χ0) is 24.9. The van der Waals surface area contributed by atoms with Gasteiger partial charge in [0.15, 0.2) is 15.9 Å². The number of amides is 1. The van der Waals surface area contributed by atoms with Crippen molar-refractivity contribution >= 4 is 15.7 Å². The van der Waals surface area contributed by atoms with Gasteiger partial charge in [-0.15, -0.1) is 0 Å². The number of carbonyl (C=O) groups is 1. The summed E-state index contributed by atoms with van der Waals surface area (Å²) in [6.45, 7) is 3.18. The van der Waals surface area contributed by atoms with Gasteiger partial charge in [-0.3, -0.25) is 9.69 Å². The molecule has 3 atom stereocenters. The van der Waals surface area contributed by atoms with Crippen LogP contribution in [0.2, 0.25) is 0 Å². The highest BCUT2D eigenvalue weighted by molar-refractivity contribution is 7.91. The fraction of sp³-hybridized carbons (Fsp3) is 0.400. The van der Waals surface area contributed by atoms with Gasteiger partial charge in [0.25, 0.3) is 5.91 Å². The molecule has 6 nitrogen and oxygen atoms in total. The highest BCUT2D eigenvalue weighted by Crippen LogP contribution is 2.45. The normalized spacial score (nSPS) is 19.4. The van der Waals surface area contributed by atoms with Crippen molar-refractivity contribution in [2.75, 3.05) is 5.75 Å². The maximum atomic E-state index is 15.0. The molecule has 1 aromatic heterocycles. The quantitative estimate of drug-likeness (QED) is 0.340. The van der Waals surface area contributed by atoms with Crippen LogP contribution in [0, 0.1) is 12.9 Å². The van der Waals surface area contributed by atoms with Crippen LogP contribution < -0.4 is 4.74 Å². The van der Waals surface area contributed by atoms with E-state index in [9.17, 15) is 35.2 Å². The number of hydrogen-bond donors (Lipinski definition) is 0. The fourth-order valence-corrected chi connectivity index (χ4v) is 4.05. The van der Waals surface area contributed by atoms with Gasteiger partial charge >= 0.3 is 6.18 Å². The number of carbonyl (C=O) groups excluding carboxylic acids is 1. The molecule has 3 unspecified atom stereocenters. The van der Waals surface area contributed by atoms with E-state index in [0.717, 1.165) is 18.2 Å². The molecular weight excluding hydrogens is 478 g/mol. The van der Waals surface area contributed by atoms with Crippen LogP contribution in [0.25, 0.3) is 0 Å². The van der Waals surface area contributed by atoms with Crippen LogP contribution in [0.3, 0.4) is 0 Å². The van der Waals surface area contributed by atoms with Gasteiger partial charge in [-0.25, -0.2) is 22.2 Å². The first-order valence-electron chi connectivity index (χ1n) is 9.57. The lowest BCUT2D eigenvalue weighted by atomic mass is 10.1. The molecule has 0 bridgehead atoms. The van der Waals surface area contributed by atoms with Crippen molar-refractivity contribution in [2.45, 2.75) is 50.5 Å². The monoisotopic (exact) mass is 496 g/mol. The van der Waals surface area contributed by atoms with Crippen LogP contribution in [-0.4, -0.2) is 42.2 Å². The largest absolute Gasteiger partial charge is 0.480 e. The Kier molecular flexibility index (Phi) is 6.39. The standard InChI is InChI=1S/C20H18F6N2O4S/c1-4-33(30,31)11-5-6-14(32-10(3)20(24,25)26)12(8-11)19(29)28-17(22)13-7-9(2)16(21)27-15(13)18(28)23/h5-8,10,17-18H,4H2,1-3H3. The van der Waals surface area contributed by atoms with E-state index in [2.05, 4.69) is 4.98 Å². The van der Waals surface area contributed by atoms with Crippen LogP contribution in [0.4, 0.5) is 26.3 Å². The first kappa shape index (κ1) is 24.8. The predicted molar refractivity (Wildman–Crippen MR) is 103 cm³/mol. The highest BCUT2D eigenvalue weighted by Gasteiger charge is 2.46. The Morgan fingerprint density at radius 1 is 1.21 bits per heavy atom. The smallest absolute Gasteiger partial charge is 0.425 e. The molecule has 0 radical (unpaired) electrons. The Labute approximate surface area is 185 Å². The first-order chi connectivity index (χ1) is 15.2. The van der Waals surface area contributed by atoms with E-state index in [4.69, 9.17) is 4.74 Å². The number of pyridine rings is 1. The third kappa shape index (κ3) is 4.50. The van der Waals surface area contributed by atoms with Crippen molar-refractivity contribution in [3.8, 4) is 5.75 Å². The van der Waals surface area contributed by atoms with Crippen LogP contribution in [0.15, 0.2) is 29.2 Å². The van der Waals surface area contributed by atoms with Gasteiger partial charge in [-0.05, 0) is 38.1 Å². The summed E-state index contributed by atoms with van der Waals surface area (Å²) in [4.78, 5) is 16.0. The molecule has 2 aromatic rings. The molecule has 0 saturated carbocycles. The highest BCUT2D eigenvalue weighted by atomic mass is 32.2. The fourth-order valence-electron chi connectivity index (χ4n) is 3.14. The van der Waals surface area contributed by atoms with Crippen molar-refractivity contribution in [1.82, 2.24) is 9.88 Å². The van der Waals surface area contributed by atoms with Crippen LogP contribution >= 0.6 is 0 Å². The molecule has 1 amide bonds. The molecular formula is C20H18F6N2O4S. The molecule has 1 aromatic carbocycles. The summed E-state index contributed by atoms with van der Waals surface area (Å²) in [7, 11) is -3.94. The number of hydrogen-bond acceptors (Lipinski definition) is 5. The summed E-state index contributed by atoms with van der Waals surface area (Å²) < 4.78 is 112. The number of alkyl halides is 5. The lowest BCUT2D eigenvalue weighted by Gasteiger charge is -2.24. The second kappa shape index (κ2) is 8.50. The van der Waals surface area contributed by atoms with Gasteiger partial charge in [0.1, 0.15) is 11.4 Å². The summed E-state index contributed by atoms with van der Waals surface area (Å²) in [5.74, 6) is -3.72. The van der Waals surface area contributed by atoms with Gasteiger partial charge in [-0.1, -0.05) is 6.92 Å². The minimum Gasteiger partial charge on any atom is -0.480 e. The molecule has 13 heteroatoms. The summed E-state index contributed by atoms with van der Waals surface area (Å²) >= 11 is 0. The average Bonchev–Trinajstić information content (AvgIpc) is 2.97. The predicted octanol–water partition coefficient (Wildman–Crippen LogP) is 4.74. The zero-order valence-electron chi connectivity index (χ0n) is 17.5. The Bertz CT molecular complexity index is 1170. The number of ether oxygens (including phenoxy) is 1. The second-order valence-electron chi connectivity index (χ2n) is 7.32. The van der Waals surface area contributed by atoms with E-state index >= 15 is 4.39 Å². The molecule has 33 heavy (non-hydrogen) atoms. The maximum absolute atomic E-state index is 15.0. The van der Waals surface area contributed by atoms with Crippen molar-refractivity contribution in [3.05, 3.63) is 52.6 Å².